The van der Waals surface area contributed by atoms with E-state index in [1.165, 1.54) is 12.8 Å². The molecule has 5 heteroatoms. The largest absolute Gasteiger partial charge is 0.335 e. The molecule has 3 rings (SSSR count). The summed E-state index contributed by atoms with van der Waals surface area (Å²) in [5.74, 6) is 0.806. The maximum absolute atomic E-state index is 12.9. The van der Waals surface area contributed by atoms with Crippen molar-refractivity contribution in [2.24, 2.45) is 13.0 Å². The molecule has 0 aromatic carbocycles. The Morgan fingerprint density at radius 2 is 2.29 bits per heavy atom. The summed E-state index contributed by atoms with van der Waals surface area (Å²) >= 11 is 0. The van der Waals surface area contributed by atoms with Gasteiger partial charge in [0.1, 0.15) is 0 Å². The van der Waals surface area contributed by atoms with E-state index in [0.29, 0.717) is 12.0 Å². The Bertz CT molecular complexity index is 504. The van der Waals surface area contributed by atoms with Gasteiger partial charge in [-0.15, -0.1) is 0 Å². The quantitative estimate of drug-likeness (QED) is 0.919. The summed E-state index contributed by atoms with van der Waals surface area (Å²) < 4.78 is 1.76. The zero-order valence-electron chi connectivity index (χ0n) is 13.1. The van der Waals surface area contributed by atoms with Crippen molar-refractivity contribution in [2.75, 3.05) is 19.6 Å². The van der Waals surface area contributed by atoms with Crippen LogP contribution in [0.3, 0.4) is 0 Å². The van der Waals surface area contributed by atoms with Crippen LogP contribution in [0.4, 0.5) is 0 Å². The molecular formula is C16H26N4O. The van der Waals surface area contributed by atoms with Crippen LogP contribution in [-0.2, 0) is 13.5 Å². The lowest BCUT2D eigenvalue weighted by atomic mass is 9.90. The Kier molecular flexibility index (Phi) is 4.29. The number of amides is 1. The van der Waals surface area contributed by atoms with Crippen LogP contribution in [0.15, 0.2) is 6.20 Å². The first kappa shape index (κ1) is 14.6. The number of aromatic nitrogens is 2. The summed E-state index contributed by atoms with van der Waals surface area (Å²) in [6, 6.07) is 0.412. The van der Waals surface area contributed by atoms with Gasteiger partial charge in [-0.3, -0.25) is 9.48 Å². The fourth-order valence-corrected chi connectivity index (χ4v) is 3.87. The smallest absolute Gasteiger partial charge is 0.257 e. The SMILES string of the molecule is CCc1nn(C)cc1C(=O)N1CCCC1C1CCCNC1. The Hall–Kier alpha value is -1.36. The monoisotopic (exact) mass is 290 g/mol. The molecule has 0 radical (unpaired) electrons. The summed E-state index contributed by atoms with van der Waals surface area (Å²) in [7, 11) is 1.89. The van der Waals surface area contributed by atoms with Gasteiger partial charge in [-0.1, -0.05) is 6.92 Å². The summed E-state index contributed by atoms with van der Waals surface area (Å²) in [5, 5.41) is 7.90. The molecule has 1 aromatic rings. The number of hydrogen-bond acceptors (Lipinski definition) is 3. The molecular weight excluding hydrogens is 264 g/mol. The van der Waals surface area contributed by atoms with Gasteiger partial charge in [0.2, 0.25) is 0 Å². The number of hydrogen-bond donors (Lipinski definition) is 1. The molecule has 1 amide bonds. The second-order valence-electron chi connectivity index (χ2n) is 6.33. The van der Waals surface area contributed by atoms with Crippen molar-refractivity contribution in [2.45, 2.75) is 45.1 Å². The van der Waals surface area contributed by atoms with Crippen molar-refractivity contribution in [1.82, 2.24) is 20.0 Å². The third-order valence-electron chi connectivity index (χ3n) is 4.91. The number of likely N-dealkylation sites (tertiary alicyclic amines) is 1. The molecule has 21 heavy (non-hydrogen) atoms. The summed E-state index contributed by atoms with van der Waals surface area (Å²) in [5.41, 5.74) is 1.73. The summed E-state index contributed by atoms with van der Waals surface area (Å²) in [6.07, 6.45) is 7.46. The van der Waals surface area contributed by atoms with Crippen molar-refractivity contribution >= 4 is 5.91 Å². The second-order valence-corrected chi connectivity index (χ2v) is 6.33. The minimum Gasteiger partial charge on any atom is -0.335 e. The molecule has 2 atom stereocenters. The van der Waals surface area contributed by atoms with Crippen molar-refractivity contribution in [3.8, 4) is 0 Å². The highest BCUT2D eigenvalue weighted by Gasteiger charge is 2.36. The van der Waals surface area contributed by atoms with Gasteiger partial charge in [-0.05, 0) is 51.1 Å². The van der Waals surface area contributed by atoms with E-state index in [2.05, 4.69) is 22.2 Å². The molecule has 2 aliphatic heterocycles. The third-order valence-corrected chi connectivity index (χ3v) is 4.91. The van der Waals surface area contributed by atoms with Crippen LogP contribution in [0.1, 0.15) is 48.7 Å². The van der Waals surface area contributed by atoms with E-state index in [-0.39, 0.29) is 5.91 Å². The van der Waals surface area contributed by atoms with Crippen LogP contribution in [0.25, 0.3) is 0 Å². The number of piperidine rings is 1. The number of rotatable bonds is 3. The summed E-state index contributed by atoms with van der Waals surface area (Å²) in [4.78, 5) is 15.1. The highest BCUT2D eigenvalue weighted by Crippen LogP contribution is 2.30. The number of carbonyl (C=O) groups is 1. The lowest BCUT2D eigenvalue weighted by Gasteiger charge is -2.34. The van der Waals surface area contributed by atoms with Crippen LogP contribution in [0.2, 0.25) is 0 Å². The van der Waals surface area contributed by atoms with Gasteiger partial charge >= 0.3 is 0 Å². The van der Waals surface area contributed by atoms with E-state index in [0.717, 1.165) is 50.2 Å². The maximum atomic E-state index is 12.9. The van der Waals surface area contributed by atoms with E-state index in [9.17, 15) is 4.79 Å². The minimum absolute atomic E-state index is 0.188. The molecule has 1 N–H and O–H groups in total. The van der Waals surface area contributed by atoms with Crippen molar-refractivity contribution in [1.29, 1.82) is 0 Å². The average molecular weight is 290 g/mol. The van der Waals surface area contributed by atoms with Gasteiger partial charge in [0.25, 0.3) is 5.91 Å². The van der Waals surface area contributed by atoms with Gasteiger partial charge in [0.05, 0.1) is 11.3 Å². The Morgan fingerprint density at radius 3 is 3.00 bits per heavy atom. The van der Waals surface area contributed by atoms with E-state index in [4.69, 9.17) is 0 Å². The first-order valence-corrected chi connectivity index (χ1v) is 8.25. The first-order valence-electron chi connectivity index (χ1n) is 8.25. The highest BCUT2D eigenvalue weighted by atomic mass is 16.2. The molecule has 3 heterocycles. The zero-order valence-corrected chi connectivity index (χ0v) is 13.1. The molecule has 2 saturated heterocycles. The number of carbonyl (C=O) groups excluding carboxylic acids is 1. The van der Waals surface area contributed by atoms with Crippen LogP contribution in [-0.4, -0.2) is 46.3 Å². The minimum atomic E-state index is 0.188. The Morgan fingerprint density at radius 1 is 1.43 bits per heavy atom. The molecule has 0 aliphatic carbocycles. The van der Waals surface area contributed by atoms with E-state index in [1.54, 1.807) is 4.68 Å². The average Bonchev–Trinajstić information content (AvgIpc) is 3.13. The van der Waals surface area contributed by atoms with Gasteiger partial charge in [0, 0.05) is 25.8 Å². The number of nitrogens with zero attached hydrogens (tertiary/aromatic N) is 3. The van der Waals surface area contributed by atoms with E-state index < -0.39 is 0 Å². The first-order chi connectivity index (χ1) is 10.2. The molecule has 1 aromatic heterocycles. The zero-order chi connectivity index (χ0) is 14.8. The predicted molar refractivity (Wildman–Crippen MR) is 82.2 cm³/mol. The summed E-state index contributed by atoms with van der Waals surface area (Å²) in [6.45, 7) is 5.14. The molecule has 116 valence electrons. The van der Waals surface area contributed by atoms with Gasteiger partial charge < -0.3 is 10.2 Å². The second kappa shape index (κ2) is 6.18. The van der Waals surface area contributed by atoms with Gasteiger partial charge in [-0.2, -0.15) is 5.10 Å². The third kappa shape index (κ3) is 2.84. The lowest BCUT2D eigenvalue weighted by molar-refractivity contribution is 0.0669. The normalized spacial score (nSPS) is 26.3. The topological polar surface area (TPSA) is 50.2 Å². The lowest BCUT2D eigenvalue weighted by Crippen LogP contribution is -2.45. The maximum Gasteiger partial charge on any atom is 0.257 e. The van der Waals surface area contributed by atoms with Gasteiger partial charge in [-0.25, -0.2) is 0 Å². The number of nitrogens with one attached hydrogen (secondary N) is 1. The Balaban J connectivity index is 1.79. The van der Waals surface area contributed by atoms with E-state index >= 15 is 0 Å². The van der Waals surface area contributed by atoms with Crippen LogP contribution >= 0.6 is 0 Å². The molecule has 2 unspecified atom stereocenters. The predicted octanol–water partition coefficient (Wildman–Crippen LogP) is 1.59. The fraction of sp³-hybridized carbons (Fsp3) is 0.750. The Labute approximate surface area is 126 Å². The van der Waals surface area contributed by atoms with Crippen molar-refractivity contribution < 1.29 is 4.79 Å². The molecule has 0 bridgehead atoms. The van der Waals surface area contributed by atoms with Gasteiger partial charge in [0.15, 0.2) is 0 Å². The van der Waals surface area contributed by atoms with Crippen LogP contribution in [0, 0.1) is 5.92 Å². The van der Waals surface area contributed by atoms with Crippen molar-refractivity contribution in [3.63, 3.8) is 0 Å². The molecule has 0 spiro atoms. The molecule has 5 nitrogen and oxygen atoms in total. The number of aryl methyl sites for hydroxylation is 2. The van der Waals surface area contributed by atoms with E-state index in [1.807, 2.05) is 13.2 Å². The highest BCUT2D eigenvalue weighted by molar-refractivity contribution is 5.95. The fourth-order valence-electron chi connectivity index (χ4n) is 3.87. The van der Waals surface area contributed by atoms with Crippen molar-refractivity contribution in [3.05, 3.63) is 17.5 Å². The molecule has 2 fully saturated rings. The molecule has 2 aliphatic rings. The molecule has 0 saturated carbocycles. The van der Waals surface area contributed by atoms with Crippen LogP contribution in [0.5, 0.6) is 0 Å². The van der Waals surface area contributed by atoms with Crippen LogP contribution < -0.4 is 5.32 Å². The standard InChI is InChI=1S/C16H26N4O/c1-3-14-13(11-19(2)18-14)16(21)20-9-5-7-15(20)12-6-4-8-17-10-12/h11-12,15,17H,3-10H2,1-2H3.